The molecule has 186 valence electrons. The van der Waals surface area contributed by atoms with Gasteiger partial charge in [-0.1, -0.05) is 55.9 Å². The summed E-state index contributed by atoms with van der Waals surface area (Å²) in [4.78, 5) is 56.0. The Balaban J connectivity index is 1.43. The molecule has 1 aromatic heterocycles. The second-order valence-corrected chi connectivity index (χ2v) is 9.84. The van der Waals surface area contributed by atoms with Gasteiger partial charge in [0.2, 0.25) is 11.8 Å². The molecule has 9 heteroatoms. The number of imide groups is 1. The molecule has 0 spiro atoms. The van der Waals surface area contributed by atoms with E-state index in [4.69, 9.17) is 4.74 Å². The Morgan fingerprint density at radius 3 is 2.41 bits per heavy atom. The van der Waals surface area contributed by atoms with Crippen LogP contribution in [0, 0.1) is 11.3 Å². The second-order valence-electron chi connectivity index (χ2n) is 8.65. The van der Waals surface area contributed by atoms with Crippen LogP contribution in [0.4, 0.5) is 5.69 Å². The number of anilines is 1. The Bertz CT molecular complexity index is 1400. The summed E-state index contributed by atoms with van der Waals surface area (Å²) >= 11 is 1.11. The summed E-state index contributed by atoms with van der Waals surface area (Å²) < 4.78 is 5.11. The lowest BCUT2D eigenvalue weighted by Gasteiger charge is -2.16. The quantitative estimate of drug-likeness (QED) is 0.245. The summed E-state index contributed by atoms with van der Waals surface area (Å²) in [5, 5.41) is 9.15. The van der Waals surface area contributed by atoms with Gasteiger partial charge in [-0.25, -0.2) is 14.7 Å². The van der Waals surface area contributed by atoms with Gasteiger partial charge < -0.3 is 4.74 Å². The number of nitriles is 1. The average Bonchev–Trinajstić information content (AvgIpc) is 3.19. The van der Waals surface area contributed by atoms with E-state index in [0.717, 1.165) is 22.4 Å². The van der Waals surface area contributed by atoms with Crippen molar-refractivity contribution >= 4 is 41.0 Å². The van der Waals surface area contributed by atoms with Crippen molar-refractivity contribution in [3.63, 3.8) is 0 Å². The zero-order valence-corrected chi connectivity index (χ0v) is 21.0. The van der Waals surface area contributed by atoms with E-state index < -0.39 is 23.7 Å². The number of hydrogen-bond acceptors (Lipinski definition) is 8. The number of aromatic nitrogens is 1. The number of carbonyl (C=O) groups is 4. The van der Waals surface area contributed by atoms with E-state index in [9.17, 15) is 24.4 Å². The van der Waals surface area contributed by atoms with Crippen molar-refractivity contribution in [2.75, 3.05) is 11.5 Å². The highest BCUT2D eigenvalue weighted by atomic mass is 32.2. The van der Waals surface area contributed by atoms with Crippen molar-refractivity contribution < 1.29 is 23.9 Å². The minimum atomic E-state index is -0.719. The third-order valence-corrected chi connectivity index (χ3v) is 6.93. The molecule has 0 bridgehead atoms. The Morgan fingerprint density at radius 2 is 1.76 bits per heavy atom. The fourth-order valence-corrected chi connectivity index (χ4v) is 4.82. The molecule has 1 atom stereocenters. The van der Waals surface area contributed by atoms with E-state index in [1.54, 1.807) is 42.5 Å². The molecule has 37 heavy (non-hydrogen) atoms. The number of esters is 1. The van der Waals surface area contributed by atoms with E-state index >= 15 is 0 Å². The van der Waals surface area contributed by atoms with Crippen molar-refractivity contribution in [2.24, 2.45) is 0 Å². The maximum Gasteiger partial charge on any atom is 0.338 e. The molecule has 2 aromatic carbocycles. The van der Waals surface area contributed by atoms with Crippen molar-refractivity contribution in [3.8, 4) is 6.07 Å². The van der Waals surface area contributed by atoms with E-state index in [-0.39, 0.29) is 29.6 Å². The average molecular weight is 514 g/mol. The van der Waals surface area contributed by atoms with Crippen molar-refractivity contribution in [2.45, 2.75) is 36.5 Å². The Labute approximate surface area is 218 Å². The zero-order chi connectivity index (χ0) is 26.5. The number of ether oxygens (including phenoxy) is 1. The Morgan fingerprint density at radius 1 is 1.05 bits per heavy atom. The number of rotatable bonds is 8. The van der Waals surface area contributed by atoms with E-state index in [0.29, 0.717) is 21.8 Å². The third kappa shape index (κ3) is 5.76. The number of pyridine rings is 1. The van der Waals surface area contributed by atoms with Crippen LogP contribution < -0.4 is 4.90 Å². The van der Waals surface area contributed by atoms with Gasteiger partial charge in [0, 0.05) is 17.7 Å². The zero-order valence-electron chi connectivity index (χ0n) is 20.2. The lowest BCUT2D eigenvalue weighted by molar-refractivity contribution is -0.121. The summed E-state index contributed by atoms with van der Waals surface area (Å²) in [6.45, 7) is 3.56. The fraction of sp³-hybridized carbons (Fsp3) is 0.214. The summed E-state index contributed by atoms with van der Waals surface area (Å²) in [7, 11) is 0. The molecule has 1 fully saturated rings. The SMILES string of the molecule is CC(C)c1ccc(C#N)c(SC2CC(=O)N(c3ccc(C(=O)OCC(=O)c4ccccc4)cc3)C2=O)n1. The minimum Gasteiger partial charge on any atom is -0.454 e. The molecule has 2 heterocycles. The Kier molecular flexibility index (Phi) is 7.80. The second kappa shape index (κ2) is 11.2. The fourth-order valence-electron chi connectivity index (χ4n) is 3.72. The van der Waals surface area contributed by atoms with Gasteiger partial charge in [-0.05, 0) is 42.3 Å². The van der Waals surface area contributed by atoms with Crippen molar-refractivity contribution in [3.05, 3.63) is 89.1 Å². The number of ketones is 1. The smallest absolute Gasteiger partial charge is 0.338 e. The lowest BCUT2D eigenvalue weighted by Crippen LogP contribution is -2.31. The van der Waals surface area contributed by atoms with Crippen LogP contribution in [0.25, 0.3) is 0 Å². The summed E-state index contributed by atoms with van der Waals surface area (Å²) in [6, 6.07) is 19.9. The standard InChI is InChI=1S/C28H23N3O5S/c1-17(2)22-13-10-20(15-29)26(30-22)37-24-14-25(33)31(27(24)34)21-11-8-19(9-12-21)28(35)36-16-23(32)18-6-4-3-5-7-18/h3-13,17,24H,14,16H2,1-2H3. The van der Waals surface area contributed by atoms with Gasteiger partial charge in [-0.2, -0.15) is 5.26 Å². The van der Waals surface area contributed by atoms with Gasteiger partial charge in [0.1, 0.15) is 11.1 Å². The molecular formula is C28H23N3O5S. The normalized spacial score (nSPS) is 15.1. The predicted molar refractivity (Wildman–Crippen MR) is 137 cm³/mol. The molecule has 1 unspecified atom stereocenters. The molecule has 3 aromatic rings. The minimum absolute atomic E-state index is 0.0344. The van der Waals surface area contributed by atoms with Crippen LogP contribution in [0.3, 0.4) is 0 Å². The molecule has 0 N–H and O–H groups in total. The van der Waals surface area contributed by atoms with Crippen LogP contribution in [0.15, 0.2) is 71.8 Å². The molecule has 4 rings (SSSR count). The highest BCUT2D eigenvalue weighted by molar-refractivity contribution is 8.00. The first-order chi connectivity index (χ1) is 17.8. The number of Topliss-reactive ketones (excluding diaryl/α,β-unsaturated/α-hetero) is 1. The van der Waals surface area contributed by atoms with Crippen LogP contribution in [-0.4, -0.2) is 40.4 Å². The summed E-state index contributed by atoms with van der Waals surface area (Å²) in [6.07, 6.45) is -0.0344. The number of nitrogens with zero attached hydrogens (tertiary/aromatic N) is 3. The maximum absolute atomic E-state index is 13.1. The third-order valence-electron chi connectivity index (χ3n) is 5.74. The number of hydrogen-bond donors (Lipinski definition) is 0. The number of thioether (sulfide) groups is 1. The largest absolute Gasteiger partial charge is 0.454 e. The molecular weight excluding hydrogens is 490 g/mol. The first-order valence-electron chi connectivity index (χ1n) is 11.6. The topological polar surface area (TPSA) is 117 Å². The van der Waals surface area contributed by atoms with Gasteiger partial charge in [0.15, 0.2) is 12.4 Å². The summed E-state index contributed by atoms with van der Waals surface area (Å²) in [5.41, 5.74) is 2.09. The van der Waals surface area contributed by atoms with Gasteiger partial charge in [0.25, 0.3) is 0 Å². The lowest BCUT2D eigenvalue weighted by atomic mass is 10.1. The van der Waals surface area contributed by atoms with Gasteiger partial charge >= 0.3 is 5.97 Å². The van der Waals surface area contributed by atoms with Crippen LogP contribution >= 0.6 is 11.8 Å². The molecule has 0 saturated carbocycles. The highest BCUT2D eigenvalue weighted by Gasteiger charge is 2.40. The van der Waals surface area contributed by atoms with Crippen LogP contribution in [-0.2, 0) is 14.3 Å². The first-order valence-corrected chi connectivity index (χ1v) is 12.5. The van der Waals surface area contributed by atoms with E-state index in [1.807, 2.05) is 13.8 Å². The summed E-state index contributed by atoms with van der Waals surface area (Å²) in [5.74, 6) is -1.67. The van der Waals surface area contributed by atoms with Gasteiger partial charge in [-0.15, -0.1) is 0 Å². The molecule has 1 aliphatic rings. The van der Waals surface area contributed by atoms with Crippen molar-refractivity contribution in [1.29, 1.82) is 5.26 Å². The highest BCUT2D eigenvalue weighted by Crippen LogP contribution is 2.35. The van der Waals surface area contributed by atoms with Gasteiger partial charge in [-0.3, -0.25) is 14.4 Å². The van der Waals surface area contributed by atoms with Crippen molar-refractivity contribution in [1.82, 2.24) is 4.98 Å². The number of benzene rings is 2. The number of carbonyl (C=O) groups excluding carboxylic acids is 4. The van der Waals surface area contributed by atoms with Crippen LogP contribution in [0.5, 0.6) is 0 Å². The molecule has 1 saturated heterocycles. The van der Waals surface area contributed by atoms with Crippen LogP contribution in [0.2, 0.25) is 0 Å². The predicted octanol–water partition coefficient (Wildman–Crippen LogP) is 4.54. The van der Waals surface area contributed by atoms with E-state index in [1.165, 1.54) is 24.3 Å². The monoisotopic (exact) mass is 513 g/mol. The van der Waals surface area contributed by atoms with Crippen LogP contribution in [0.1, 0.15) is 58.2 Å². The first kappa shape index (κ1) is 25.8. The Hall–Kier alpha value is -4.29. The maximum atomic E-state index is 13.1. The molecule has 1 aliphatic heterocycles. The van der Waals surface area contributed by atoms with Gasteiger partial charge in [0.05, 0.1) is 22.1 Å². The van der Waals surface area contributed by atoms with E-state index in [2.05, 4.69) is 11.1 Å². The molecule has 8 nitrogen and oxygen atoms in total. The molecule has 0 radical (unpaired) electrons. The molecule has 0 aliphatic carbocycles. The molecule has 2 amide bonds. The number of amides is 2.